The van der Waals surface area contributed by atoms with Crippen LogP contribution < -0.4 is 14.6 Å². The summed E-state index contributed by atoms with van der Waals surface area (Å²) < 4.78 is 24.9. The number of hydrogen-bond acceptors (Lipinski definition) is 5. The molecule has 0 bridgehead atoms. The normalized spacial score (nSPS) is 13.7. The van der Waals surface area contributed by atoms with E-state index in [2.05, 4.69) is 10.1 Å². The van der Waals surface area contributed by atoms with E-state index in [-0.39, 0.29) is 0 Å². The van der Waals surface area contributed by atoms with Gasteiger partial charge in [-0.1, -0.05) is 83.9 Å². The first kappa shape index (κ1) is 26.1. The third kappa shape index (κ3) is 6.40. The van der Waals surface area contributed by atoms with Crippen molar-refractivity contribution in [1.29, 1.82) is 0 Å². The van der Waals surface area contributed by atoms with Gasteiger partial charge in [0.05, 0.1) is 30.0 Å². The van der Waals surface area contributed by atoms with Crippen LogP contribution in [0.5, 0.6) is 11.5 Å². The lowest BCUT2D eigenvalue weighted by atomic mass is 10.1. The zero-order valence-corrected chi connectivity index (χ0v) is 22.7. The van der Waals surface area contributed by atoms with Crippen LogP contribution in [0.2, 0.25) is 0 Å². The van der Waals surface area contributed by atoms with Gasteiger partial charge in [0.2, 0.25) is 7.29 Å². The van der Waals surface area contributed by atoms with Gasteiger partial charge in [0.15, 0.2) is 16.6 Å². The number of thiazole rings is 1. The molecule has 36 heavy (non-hydrogen) atoms. The molecule has 4 rings (SSSR count). The highest BCUT2D eigenvalue weighted by Crippen LogP contribution is 2.54. The molecule has 4 aromatic rings. The van der Waals surface area contributed by atoms with Crippen molar-refractivity contribution >= 4 is 57.0 Å². The van der Waals surface area contributed by atoms with Crippen molar-refractivity contribution in [2.45, 2.75) is 0 Å². The van der Waals surface area contributed by atoms with Gasteiger partial charge in [0.1, 0.15) is 0 Å². The van der Waals surface area contributed by atoms with Crippen LogP contribution in [-0.2, 0) is 4.57 Å². The van der Waals surface area contributed by atoms with E-state index in [0.717, 1.165) is 16.7 Å². The first-order valence-electron chi connectivity index (χ1n) is 10.8. The monoisotopic (exact) mass is 556 g/mol. The predicted octanol–water partition coefficient (Wildman–Crippen LogP) is 8.99. The molecular formula is C27H23Cl2N2O3PS. The van der Waals surface area contributed by atoms with E-state index in [4.69, 9.17) is 32.7 Å². The van der Waals surface area contributed by atoms with E-state index >= 15 is 0 Å². The van der Waals surface area contributed by atoms with Crippen LogP contribution in [0.25, 0.3) is 21.3 Å². The molecule has 0 spiro atoms. The third-order valence-corrected chi connectivity index (χ3v) is 8.88. The Labute approximate surface area is 224 Å². The molecule has 1 heterocycles. The summed E-state index contributed by atoms with van der Waals surface area (Å²) in [5.41, 5.74) is 3.03. The molecule has 184 valence electrons. The second-order valence-electron chi connectivity index (χ2n) is 7.61. The Kier molecular flexibility index (Phi) is 8.55. The van der Waals surface area contributed by atoms with E-state index in [1.54, 1.807) is 14.2 Å². The molecule has 9 heteroatoms. The van der Waals surface area contributed by atoms with Crippen molar-refractivity contribution < 1.29 is 14.0 Å². The van der Waals surface area contributed by atoms with Gasteiger partial charge in [0.25, 0.3) is 0 Å². The number of hydrogen-bond donors (Lipinski definition) is 1. The zero-order chi connectivity index (χ0) is 25.5. The molecule has 3 aromatic carbocycles. The number of aromatic nitrogens is 1. The van der Waals surface area contributed by atoms with E-state index in [0.29, 0.717) is 32.4 Å². The maximum atomic E-state index is 14.2. The lowest BCUT2D eigenvalue weighted by Crippen LogP contribution is -1.94. The summed E-state index contributed by atoms with van der Waals surface area (Å²) in [5, 5.41) is 6.11. The highest BCUT2D eigenvalue weighted by atomic mass is 35.5. The number of halogens is 2. The molecule has 0 saturated carbocycles. The Balaban J connectivity index is 1.70. The second kappa shape index (κ2) is 11.8. The fraction of sp³-hybridized carbons (Fsp3) is 0.0741. The largest absolute Gasteiger partial charge is 0.493 e. The number of anilines is 1. The molecule has 1 N–H and O–H groups in total. The second-order valence-corrected chi connectivity index (χ2v) is 11.4. The van der Waals surface area contributed by atoms with E-state index in [1.807, 2.05) is 84.2 Å². The summed E-state index contributed by atoms with van der Waals surface area (Å²) in [7, 11) is -0.259. The van der Waals surface area contributed by atoms with Gasteiger partial charge in [-0.15, -0.1) is 11.3 Å². The number of benzene rings is 3. The lowest BCUT2D eigenvalue weighted by molar-refractivity contribution is 0.355. The smallest absolute Gasteiger partial charge is 0.217 e. The number of nitrogens with one attached hydrogen (secondary N) is 1. The summed E-state index contributed by atoms with van der Waals surface area (Å²) in [5.74, 6) is 4.23. The Morgan fingerprint density at radius 2 is 1.42 bits per heavy atom. The molecule has 0 atom stereocenters. The van der Waals surface area contributed by atoms with Crippen LogP contribution >= 0.6 is 41.8 Å². The summed E-state index contributed by atoms with van der Waals surface area (Å²) in [6, 6.07) is 24.2. The highest BCUT2D eigenvalue weighted by molar-refractivity contribution is 7.72. The summed E-state index contributed by atoms with van der Waals surface area (Å²) in [4.78, 5) is 4.65. The minimum absolute atomic E-state index is 0.344. The molecule has 0 aliphatic carbocycles. The molecule has 5 nitrogen and oxygen atoms in total. The van der Waals surface area contributed by atoms with Crippen LogP contribution in [0.3, 0.4) is 0 Å². The van der Waals surface area contributed by atoms with Crippen molar-refractivity contribution in [3.63, 3.8) is 0 Å². The van der Waals surface area contributed by atoms with E-state index < -0.39 is 7.29 Å². The number of rotatable bonds is 9. The van der Waals surface area contributed by atoms with Gasteiger partial charge in [-0.05, 0) is 29.3 Å². The number of nitrogens with zero attached hydrogens (tertiary/aromatic N) is 1. The van der Waals surface area contributed by atoms with Crippen molar-refractivity contribution in [1.82, 2.24) is 4.98 Å². The highest BCUT2D eigenvalue weighted by Gasteiger charge is 2.21. The predicted molar refractivity (Wildman–Crippen MR) is 152 cm³/mol. The Morgan fingerprint density at radius 3 is 1.94 bits per heavy atom. The summed E-state index contributed by atoms with van der Waals surface area (Å²) in [6.07, 6.45) is 0. The molecule has 0 fully saturated rings. The first-order chi connectivity index (χ1) is 17.4. The third-order valence-electron chi connectivity index (χ3n) is 5.16. The summed E-state index contributed by atoms with van der Waals surface area (Å²) >= 11 is 14.5. The average molecular weight is 557 g/mol. The van der Waals surface area contributed by atoms with Gasteiger partial charge >= 0.3 is 0 Å². The van der Waals surface area contributed by atoms with E-state index in [1.165, 1.54) is 23.0 Å². The van der Waals surface area contributed by atoms with Crippen LogP contribution in [0.15, 0.2) is 95.9 Å². The molecule has 0 saturated heterocycles. The quantitative estimate of drug-likeness (QED) is 0.208. The molecule has 0 unspecified atom stereocenters. The van der Waals surface area contributed by atoms with E-state index in [9.17, 15) is 4.57 Å². The molecular weight excluding hydrogens is 534 g/mol. The van der Waals surface area contributed by atoms with Gasteiger partial charge in [-0.25, -0.2) is 4.98 Å². The lowest BCUT2D eigenvalue weighted by Gasteiger charge is -2.14. The van der Waals surface area contributed by atoms with Crippen molar-refractivity contribution in [2.75, 3.05) is 19.3 Å². The number of methoxy groups -OCH3 is 2. The van der Waals surface area contributed by atoms with Crippen LogP contribution in [-0.4, -0.2) is 19.2 Å². The Hall–Kier alpha value is -3.02. The van der Waals surface area contributed by atoms with Crippen molar-refractivity contribution in [3.05, 3.63) is 107 Å². The number of ether oxygens (including phenoxy) is 2. The molecule has 0 radical (unpaired) electrons. The SMILES string of the molecule is COc1ccc(-c2csc(NP(=O)(C=C(Cl)c3ccccc3)C=C(Cl)c3ccccc3)n2)cc1OC. The van der Waals surface area contributed by atoms with Gasteiger partial charge < -0.3 is 14.6 Å². The molecule has 1 aromatic heterocycles. The Bertz CT molecular complexity index is 1380. The van der Waals surface area contributed by atoms with Crippen LogP contribution in [0.4, 0.5) is 5.13 Å². The minimum Gasteiger partial charge on any atom is -0.493 e. The maximum Gasteiger partial charge on any atom is 0.217 e. The first-order valence-corrected chi connectivity index (χ1v) is 14.3. The topological polar surface area (TPSA) is 60.5 Å². The molecule has 0 aliphatic heterocycles. The van der Waals surface area contributed by atoms with Gasteiger partial charge in [0, 0.05) is 22.6 Å². The van der Waals surface area contributed by atoms with Gasteiger partial charge in [-0.3, -0.25) is 4.57 Å². The van der Waals surface area contributed by atoms with Crippen LogP contribution in [0.1, 0.15) is 11.1 Å². The zero-order valence-electron chi connectivity index (χ0n) is 19.5. The van der Waals surface area contributed by atoms with Crippen molar-refractivity contribution in [3.8, 4) is 22.8 Å². The van der Waals surface area contributed by atoms with Gasteiger partial charge in [-0.2, -0.15) is 0 Å². The minimum atomic E-state index is -3.43. The Morgan fingerprint density at radius 1 is 0.861 bits per heavy atom. The average Bonchev–Trinajstić information content (AvgIpc) is 3.37. The van der Waals surface area contributed by atoms with Crippen molar-refractivity contribution in [2.24, 2.45) is 0 Å². The standard InChI is InChI=1S/C27H23Cl2N2O3PS/c1-33-25-14-13-21(15-26(25)34-2)24-18-36-27(30-24)31-35(32,16-22(28)19-9-5-3-6-10-19)17-23(29)20-11-7-4-8-12-20/h3-18H,1-2H3,(H,30,31,32). The summed E-state index contributed by atoms with van der Waals surface area (Å²) in [6.45, 7) is 0. The molecule has 0 amide bonds. The fourth-order valence-electron chi connectivity index (χ4n) is 3.39. The maximum absolute atomic E-state index is 14.2. The van der Waals surface area contributed by atoms with Crippen LogP contribution in [0, 0.1) is 0 Å². The molecule has 0 aliphatic rings. The fourth-order valence-corrected chi connectivity index (χ4v) is 7.23.